The maximum absolute atomic E-state index is 10.8. The number of carbonyl (C=O) groups is 1. The van der Waals surface area contributed by atoms with Crippen LogP contribution in [-0.4, -0.2) is 42.5 Å². The van der Waals surface area contributed by atoms with Crippen molar-refractivity contribution in [1.29, 1.82) is 0 Å². The molecule has 7 heteroatoms. The van der Waals surface area contributed by atoms with Gasteiger partial charge < -0.3 is 24.1 Å². The molecule has 1 N–H and O–H groups in total. The second kappa shape index (κ2) is 11.9. The fourth-order valence-corrected chi connectivity index (χ4v) is 3.25. The van der Waals surface area contributed by atoms with Crippen molar-refractivity contribution in [3.05, 3.63) is 71.9 Å². The van der Waals surface area contributed by atoms with E-state index in [-0.39, 0.29) is 0 Å². The number of ether oxygens (including phenoxy) is 4. The Morgan fingerprint density at radius 2 is 1.73 bits per heavy atom. The second-order valence-corrected chi connectivity index (χ2v) is 7.28. The first kappa shape index (κ1) is 24.1. The molecule has 33 heavy (non-hydrogen) atoms. The van der Waals surface area contributed by atoms with Crippen LogP contribution < -0.4 is 14.2 Å². The molecule has 0 aliphatic carbocycles. The number of carboxylic acids is 1. The summed E-state index contributed by atoms with van der Waals surface area (Å²) in [4.78, 5) is 15.6. The van der Waals surface area contributed by atoms with Crippen molar-refractivity contribution >= 4 is 5.97 Å². The number of hydrogen-bond donors (Lipinski definition) is 1. The highest BCUT2D eigenvalue weighted by Crippen LogP contribution is 2.29. The van der Waals surface area contributed by atoms with Crippen molar-refractivity contribution in [1.82, 2.24) is 4.98 Å². The average molecular weight is 452 g/mol. The van der Waals surface area contributed by atoms with Crippen LogP contribution in [0.3, 0.4) is 0 Å². The molecule has 0 saturated carbocycles. The van der Waals surface area contributed by atoms with Crippen molar-refractivity contribution < 1.29 is 28.8 Å². The lowest BCUT2D eigenvalue weighted by Gasteiger charge is -2.20. The summed E-state index contributed by atoms with van der Waals surface area (Å²) in [5.41, 5.74) is 3.33. The highest BCUT2D eigenvalue weighted by Gasteiger charge is 2.17. The van der Waals surface area contributed by atoms with Crippen molar-refractivity contribution in [2.24, 2.45) is 0 Å². The molecule has 0 radical (unpaired) electrons. The van der Waals surface area contributed by atoms with E-state index in [1.54, 1.807) is 12.1 Å². The predicted molar refractivity (Wildman–Crippen MR) is 125 cm³/mol. The first-order valence-electron chi connectivity index (χ1n) is 10.9. The van der Waals surface area contributed by atoms with Crippen LogP contribution in [0.25, 0.3) is 11.3 Å². The van der Waals surface area contributed by atoms with Crippen LogP contribution in [0.2, 0.25) is 0 Å². The lowest BCUT2D eigenvalue weighted by atomic mass is 10.1. The molecule has 0 fully saturated rings. The third-order valence-electron chi connectivity index (χ3n) is 4.81. The number of nitrogens with zero attached hydrogens (tertiary/aromatic N) is 1. The predicted octanol–water partition coefficient (Wildman–Crippen LogP) is 5.08. The number of carboxylic acid groups (broad SMARTS) is 1. The molecule has 0 saturated heterocycles. The minimum absolute atomic E-state index is 0.340. The third kappa shape index (κ3) is 6.95. The number of benzene rings is 2. The van der Waals surface area contributed by atoms with Gasteiger partial charge in [-0.25, -0.2) is 9.78 Å². The van der Waals surface area contributed by atoms with Gasteiger partial charge in [-0.1, -0.05) is 6.07 Å². The average Bonchev–Trinajstić information content (AvgIpc) is 2.82. The monoisotopic (exact) mass is 451 g/mol. The van der Waals surface area contributed by atoms with Crippen LogP contribution in [0.1, 0.15) is 31.2 Å². The van der Waals surface area contributed by atoms with Crippen LogP contribution in [0, 0.1) is 6.92 Å². The van der Waals surface area contributed by atoms with E-state index in [4.69, 9.17) is 29.0 Å². The molecule has 1 aromatic heterocycles. The summed E-state index contributed by atoms with van der Waals surface area (Å²) in [6.07, 6.45) is -0.419. The van der Waals surface area contributed by atoms with Gasteiger partial charge in [-0.2, -0.15) is 0 Å². The smallest absolute Gasteiger partial charge is 0.341 e. The summed E-state index contributed by atoms with van der Waals surface area (Å²) in [5, 5.41) is 8.81. The van der Waals surface area contributed by atoms with Crippen LogP contribution in [-0.2, 0) is 9.53 Å². The summed E-state index contributed by atoms with van der Waals surface area (Å²) in [7, 11) is 0. The van der Waals surface area contributed by atoms with Gasteiger partial charge >= 0.3 is 5.97 Å². The molecule has 1 atom stereocenters. The van der Waals surface area contributed by atoms with Crippen molar-refractivity contribution in [2.45, 2.75) is 26.9 Å². The minimum Gasteiger partial charge on any atom is -0.494 e. The van der Waals surface area contributed by atoms with E-state index in [0.29, 0.717) is 31.3 Å². The zero-order valence-electron chi connectivity index (χ0n) is 19.1. The second-order valence-electron chi connectivity index (χ2n) is 7.28. The molecular weight excluding hydrogens is 422 g/mol. The maximum Gasteiger partial charge on any atom is 0.341 e. The lowest BCUT2D eigenvalue weighted by Crippen LogP contribution is -2.16. The molecule has 0 bridgehead atoms. The summed E-state index contributed by atoms with van der Waals surface area (Å²) < 4.78 is 22.7. The lowest BCUT2D eigenvalue weighted by molar-refractivity contribution is -0.139. The van der Waals surface area contributed by atoms with Crippen molar-refractivity contribution in [2.75, 3.05) is 26.4 Å². The Kier molecular flexibility index (Phi) is 8.66. The molecule has 2 aromatic carbocycles. The first-order valence-corrected chi connectivity index (χ1v) is 10.9. The molecular formula is C26H29NO6. The number of pyridine rings is 1. The molecule has 0 unspecified atom stereocenters. The highest BCUT2D eigenvalue weighted by molar-refractivity contribution is 5.68. The van der Waals surface area contributed by atoms with E-state index in [9.17, 15) is 4.79 Å². The van der Waals surface area contributed by atoms with E-state index in [2.05, 4.69) is 0 Å². The van der Waals surface area contributed by atoms with E-state index < -0.39 is 18.7 Å². The normalized spacial score (nSPS) is 11.6. The Bertz CT molecular complexity index is 1050. The van der Waals surface area contributed by atoms with Gasteiger partial charge in [-0.3, -0.25) is 0 Å². The zero-order chi connectivity index (χ0) is 23.6. The van der Waals surface area contributed by atoms with E-state index in [1.807, 2.05) is 69.3 Å². The van der Waals surface area contributed by atoms with Crippen molar-refractivity contribution in [3.8, 4) is 28.5 Å². The van der Waals surface area contributed by atoms with Crippen LogP contribution in [0.15, 0.2) is 60.7 Å². The fourth-order valence-electron chi connectivity index (χ4n) is 3.25. The number of rotatable bonds is 12. The molecule has 1 heterocycles. The third-order valence-corrected chi connectivity index (χ3v) is 4.81. The number of hydrogen-bond acceptors (Lipinski definition) is 6. The summed E-state index contributed by atoms with van der Waals surface area (Å²) in [6, 6.07) is 18.9. The molecule has 0 aliphatic rings. The first-order chi connectivity index (χ1) is 16.0. The van der Waals surface area contributed by atoms with Gasteiger partial charge in [0.15, 0.2) is 12.7 Å². The largest absolute Gasteiger partial charge is 0.494 e. The van der Waals surface area contributed by atoms with E-state index in [1.165, 1.54) is 0 Å². The molecule has 3 rings (SSSR count). The van der Waals surface area contributed by atoms with Crippen LogP contribution in [0.5, 0.6) is 17.2 Å². The Balaban J connectivity index is 1.80. The Morgan fingerprint density at radius 3 is 2.39 bits per heavy atom. The minimum atomic E-state index is -1.02. The molecule has 3 aromatic rings. The van der Waals surface area contributed by atoms with Gasteiger partial charge in [0.05, 0.1) is 24.6 Å². The molecule has 0 aliphatic heterocycles. The van der Waals surface area contributed by atoms with Gasteiger partial charge in [0.25, 0.3) is 0 Å². The zero-order valence-corrected chi connectivity index (χ0v) is 19.1. The van der Waals surface area contributed by atoms with Gasteiger partial charge in [0, 0.05) is 12.2 Å². The van der Waals surface area contributed by atoms with Crippen molar-refractivity contribution in [3.63, 3.8) is 0 Å². The van der Waals surface area contributed by atoms with E-state index >= 15 is 0 Å². The van der Waals surface area contributed by atoms with Gasteiger partial charge in [-0.15, -0.1) is 0 Å². The molecule has 174 valence electrons. The molecule has 7 nitrogen and oxygen atoms in total. The van der Waals surface area contributed by atoms with Gasteiger partial charge in [0.2, 0.25) is 0 Å². The van der Waals surface area contributed by atoms with Gasteiger partial charge in [-0.05, 0) is 80.9 Å². The summed E-state index contributed by atoms with van der Waals surface area (Å²) >= 11 is 0. The Labute approximate surface area is 193 Å². The maximum atomic E-state index is 10.8. The topological polar surface area (TPSA) is 87.1 Å². The number of aliphatic carboxylic acids is 1. The summed E-state index contributed by atoms with van der Waals surface area (Å²) in [5.74, 6) is 0.918. The quantitative estimate of drug-likeness (QED) is 0.411. The SMILES string of the molecule is CCOC[C@@H](Oc1ccc(OCC(=O)O)c(C)c1)c1cccc(-c2ccc(OCC)cc2)n1. The van der Waals surface area contributed by atoms with E-state index in [0.717, 1.165) is 28.3 Å². The Morgan fingerprint density at radius 1 is 0.970 bits per heavy atom. The molecule has 0 amide bonds. The number of aromatic nitrogens is 1. The van der Waals surface area contributed by atoms with Crippen LogP contribution >= 0.6 is 0 Å². The highest BCUT2D eigenvalue weighted by atomic mass is 16.5. The van der Waals surface area contributed by atoms with Gasteiger partial charge in [0.1, 0.15) is 17.2 Å². The Hall–Kier alpha value is -3.58. The van der Waals surface area contributed by atoms with Crippen LogP contribution in [0.4, 0.5) is 0 Å². The fraction of sp³-hybridized carbons (Fsp3) is 0.308. The summed E-state index contributed by atoms with van der Waals surface area (Å²) in [6.45, 7) is 6.85. The standard InChI is InChI=1S/C26H29NO6/c1-4-30-16-25(33-21-13-14-24(18(3)15-21)32-17-26(28)29)23-8-6-7-22(27-23)19-9-11-20(12-10-19)31-5-2/h6-15,25H,4-5,16-17H2,1-3H3,(H,28,29)/t25-/m1/s1. The number of aryl methyl sites for hydroxylation is 1. The molecule has 0 spiro atoms.